The third-order valence-electron chi connectivity index (χ3n) is 5.91. The average molecular weight is 453 g/mol. The van der Waals surface area contributed by atoms with Crippen LogP contribution in [-0.4, -0.2) is 56.5 Å². The van der Waals surface area contributed by atoms with Gasteiger partial charge in [-0.05, 0) is 17.0 Å². The first-order valence-corrected chi connectivity index (χ1v) is 10.8. The molecule has 3 aromatic rings. The molecule has 0 saturated carbocycles. The van der Waals surface area contributed by atoms with Gasteiger partial charge in [0.1, 0.15) is 11.5 Å². The number of hydrogen-bond acceptors (Lipinski definition) is 8. The first kappa shape index (κ1) is 22.8. The molecule has 1 fully saturated rings. The SMILES string of the molecule is COC(=O)CC(c1oc(CN2CCOCC2)cc(=O)c1O)c1ccc(OC)c2ccccc12. The Kier molecular flexibility index (Phi) is 6.96. The molecule has 1 atom stereocenters. The molecule has 1 N–H and O–H groups in total. The molecule has 1 aliphatic rings. The molecule has 0 spiro atoms. The number of methoxy groups -OCH3 is 2. The zero-order chi connectivity index (χ0) is 23.4. The number of esters is 1. The normalized spacial score (nSPS) is 15.3. The molecule has 0 aliphatic carbocycles. The lowest BCUT2D eigenvalue weighted by molar-refractivity contribution is -0.140. The molecule has 174 valence electrons. The van der Waals surface area contributed by atoms with Crippen molar-refractivity contribution in [1.29, 1.82) is 0 Å². The molecule has 4 rings (SSSR count). The number of rotatable bonds is 7. The van der Waals surface area contributed by atoms with Crippen molar-refractivity contribution in [2.75, 3.05) is 40.5 Å². The third kappa shape index (κ3) is 4.86. The van der Waals surface area contributed by atoms with Crippen molar-refractivity contribution in [3.05, 3.63) is 69.8 Å². The summed E-state index contributed by atoms with van der Waals surface area (Å²) >= 11 is 0. The Morgan fingerprint density at radius 3 is 2.55 bits per heavy atom. The molecule has 1 aromatic heterocycles. The summed E-state index contributed by atoms with van der Waals surface area (Å²) in [5.41, 5.74) is 0.172. The Balaban J connectivity index is 1.84. The number of nitrogens with zero attached hydrogens (tertiary/aromatic N) is 1. The molecular weight excluding hydrogens is 426 g/mol. The van der Waals surface area contributed by atoms with Crippen LogP contribution in [0, 0.1) is 0 Å². The zero-order valence-corrected chi connectivity index (χ0v) is 18.7. The van der Waals surface area contributed by atoms with Gasteiger partial charge in [-0.3, -0.25) is 14.5 Å². The minimum Gasteiger partial charge on any atom is -0.502 e. The summed E-state index contributed by atoms with van der Waals surface area (Å²) in [7, 11) is 2.89. The van der Waals surface area contributed by atoms with Gasteiger partial charge in [-0.1, -0.05) is 30.3 Å². The van der Waals surface area contributed by atoms with Crippen LogP contribution in [0.4, 0.5) is 0 Å². The molecule has 1 aliphatic heterocycles. The van der Waals surface area contributed by atoms with E-state index in [0.717, 1.165) is 16.3 Å². The predicted molar refractivity (Wildman–Crippen MR) is 122 cm³/mol. The Morgan fingerprint density at radius 2 is 1.85 bits per heavy atom. The lowest BCUT2D eigenvalue weighted by Gasteiger charge is -2.26. The highest BCUT2D eigenvalue weighted by molar-refractivity contribution is 5.92. The quantitative estimate of drug-likeness (QED) is 0.545. The molecule has 0 amide bonds. The van der Waals surface area contributed by atoms with Crippen molar-refractivity contribution >= 4 is 16.7 Å². The van der Waals surface area contributed by atoms with Crippen LogP contribution in [0.5, 0.6) is 11.5 Å². The number of hydrogen-bond donors (Lipinski definition) is 1. The first-order chi connectivity index (χ1) is 16.0. The number of aromatic hydroxyl groups is 1. The van der Waals surface area contributed by atoms with E-state index in [4.69, 9.17) is 18.6 Å². The predicted octanol–water partition coefficient (Wildman–Crippen LogP) is 3.03. The van der Waals surface area contributed by atoms with Crippen LogP contribution in [0.25, 0.3) is 10.8 Å². The Hall–Kier alpha value is -3.36. The van der Waals surface area contributed by atoms with Gasteiger partial charge >= 0.3 is 5.97 Å². The molecule has 8 heteroatoms. The second-order valence-electron chi connectivity index (χ2n) is 7.91. The van der Waals surface area contributed by atoms with Gasteiger partial charge in [0.2, 0.25) is 11.2 Å². The third-order valence-corrected chi connectivity index (χ3v) is 5.91. The number of morpholine rings is 1. The maximum absolute atomic E-state index is 12.7. The van der Waals surface area contributed by atoms with Crippen LogP contribution in [-0.2, 0) is 20.8 Å². The van der Waals surface area contributed by atoms with E-state index < -0.39 is 23.1 Å². The number of carbonyl (C=O) groups is 1. The fraction of sp³-hybridized carbons (Fsp3) is 0.360. The lowest BCUT2D eigenvalue weighted by Crippen LogP contribution is -2.35. The van der Waals surface area contributed by atoms with Crippen LogP contribution in [0.3, 0.4) is 0 Å². The topological polar surface area (TPSA) is 98.4 Å². The standard InChI is InChI=1S/C25H27NO7/c1-30-22-8-7-18(17-5-3-4-6-19(17)22)20(14-23(28)31-2)25-24(29)21(27)13-16(33-25)15-26-9-11-32-12-10-26/h3-8,13,20,29H,9-12,14-15H2,1-2H3. The second kappa shape index (κ2) is 10.1. The first-order valence-electron chi connectivity index (χ1n) is 10.8. The summed E-state index contributed by atoms with van der Waals surface area (Å²) in [4.78, 5) is 27.1. The van der Waals surface area contributed by atoms with E-state index in [9.17, 15) is 14.7 Å². The highest BCUT2D eigenvalue weighted by Gasteiger charge is 2.29. The minimum atomic E-state index is -0.731. The summed E-state index contributed by atoms with van der Waals surface area (Å²) in [5, 5.41) is 12.4. The minimum absolute atomic E-state index is 0.0477. The summed E-state index contributed by atoms with van der Waals surface area (Å²) in [6.07, 6.45) is -0.107. The number of benzene rings is 2. The van der Waals surface area contributed by atoms with Gasteiger partial charge < -0.3 is 23.7 Å². The van der Waals surface area contributed by atoms with E-state index in [1.807, 2.05) is 30.3 Å². The molecule has 1 saturated heterocycles. The summed E-state index contributed by atoms with van der Waals surface area (Å²) in [6, 6.07) is 12.5. The van der Waals surface area contributed by atoms with Gasteiger partial charge in [-0.15, -0.1) is 0 Å². The van der Waals surface area contributed by atoms with Crippen molar-refractivity contribution in [1.82, 2.24) is 4.90 Å². The lowest BCUT2D eigenvalue weighted by atomic mass is 9.88. The fourth-order valence-electron chi connectivity index (χ4n) is 4.22. The van der Waals surface area contributed by atoms with Crippen molar-refractivity contribution in [2.24, 2.45) is 0 Å². The van der Waals surface area contributed by atoms with Crippen LogP contribution >= 0.6 is 0 Å². The van der Waals surface area contributed by atoms with E-state index in [2.05, 4.69) is 4.90 Å². The Bertz CT molecular complexity index is 1200. The van der Waals surface area contributed by atoms with Crippen LogP contribution < -0.4 is 10.2 Å². The van der Waals surface area contributed by atoms with E-state index >= 15 is 0 Å². The van der Waals surface area contributed by atoms with Crippen molar-refractivity contribution in [2.45, 2.75) is 18.9 Å². The molecule has 1 unspecified atom stereocenters. The molecule has 0 radical (unpaired) electrons. The highest BCUT2D eigenvalue weighted by atomic mass is 16.5. The van der Waals surface area contributed by atoms with Gasteiger partial charge in [-0.25, -0.2) is 0 Å². The average Bonchev–Trinajstić information content (AvgIpc) is 2.84. The van der Waals surface area contributed by atoms with Gasteiger partial charge in [0.15, 0.2) is 5.76 Å². The number of ether oxygens (including phenoxy) is 3. The van der Waals surface area contributed by atoms with Crippen molar-refractivity contribution < 1.29 is 28.5 Å². The van der Waals surface area contributed by atoms with Crippen LogP contribution in [0.15, 0.2) is 51.7 Å². The largest absolute Gasteiger partial charge is 0.502 e. The van der Waals surface area contributed by atoms with Crippen LogP contribution in [0.1, 0.15) is 29.4 Å². The number of fused-ring (bicyclic) bond motifs is 1. The highest BCUT2D eigenvalue weighted by Crippen LogP contribution is 2.39. The van der Waals surface area contributed by atoms with Gasteiger partial charge in [0.05, 0.1) is 46.3 Å². The van der Waals surface area contributed by atoms with E-state index in [1.165, 1.54) is 13.2 Å². The monoisotopic (exact) mass is 453 g/mol. The number of carbonyl (C=O) groups excluding carboxylic acids is 1. The van der Waals surface area contributed by atoms with Gasteiger partial charge in [-0.2, -0.15) is 0 Å². The Labute approximate surface area is 191 Å². The fourth-order valence-corrected chi connectivity index (χ4v) is 4.22. The maximum atomic E-state index is 12.7. The molecule has 2 aromatic carbocycles. The summed E-state index contributed by atoms with van der Waals surface area (Å²) in [5.74, 6) is -0.576. The van der Waals surface area contributed by atoms with E-state index in [-0.39, 0.29) is 12.2 Å². The maximum Gasteiger partial charge on any atom is 0.306 e. The molecule has 33 heavy (non-hydrogen) atoms. The van der Waals surface area contributed by atoms with Crippen LogP contribution in [0.2, 0.25) is 0 Å². The molecule has 2 heterocycles. The van der Waals surface area contributed by atoms with Crippen molar-refractivity contribution in [3.63, 3.8) is 0 Å². The van der Waals surface area contributed by atoms with Gasteiger partial charge in [0, 0.05) is 24.5 Å². The summed E-state index contributed by atoms with van der Waals surface area (Å²) in [6.45, 7) is 3.05. The van der Waals surface area contributed by atoms with E-state index in [0.29, 0.717) is 44.4 Å². The summed E-state index contributed by atoms with van der Waals surface area (Å²) < 4.78 is 21.9. The van der Waals surface area contributed by atoms with Crippen molar-refractivity contribution in [3.8, 4) is 11.5 Å². The molecule has 8 nitrogen and oxygen atoms in total. The molecular formula is C25H27NO7. The van der Waals surface area contributed by atoms with E-state index in [1.54, 1.807) is 13.2 Å². The van der Waals surface area contributed by atoms with Gasteiger partial charge in [0.25, 0.3) is 0 Å². The smallest absolute Gasteiger partial charge is 0.306 e. The zero-order valence-electron chi connectivity index (χ0n) is 18.7. The molecule has 0 bridgehead atoms. The second-order valence-corrected chi connectivity index (χ2v) is 7.91. The Morgan fingerprint density at radius 1 is 1.12 bits per heavy atom.